The number of aromatic nitrogens is 1. The molecule has 2 N–H and O–H groups in total. The molecule has 0 bridgehead atoms. The summed E-state index contributed by atoms with van der Waals surface area (Å²) in [7, 11) is 0. The second-order valence-electron chi connectivity index (χ2n) is 5.35. The topological polar surface area (TPSA) is 62.5 Å². The lowest BCUT2D eigenvalue weighted by molar-refractivity contribution is -0.141. The van der Waals surface area contributed by atoms with Crippen LogP contribution in [0.5, 0.6) is 0 Å². The second kappa shape index (κ2) is 4.78. The smallest absolute Gasteiger partial charge is 0.396 e. The second-order valence-corrected chi connectivity index (χ2v) is 5.35. The molecule has 2 saturated heterocycles. The van der Waals surface area contributed by atoms with Gasteiger partial charge in [-0.1, -0.05) is 0 Å². The molecule has 1 atom stereocenters. The van der Waals surface area contributed by atoms with E-state index < -0.39 is 11.9 Å². The highest BCUT2D eigenvalue weighted by Crippen LogP contribution is 2.34. The molecule has 1 unspecified atom stereocenters. The number of alkyl halides is 3. The van der Waals surface area contributed by atoms with Crippen molar-refractivity contribution in [2.75, 3.05) is 30.3 Å². The predicted molar refractivity (Wildman–Crippen MR) is 70.6 cm³/mol. The third kappa shape index (κ3) is 2.50. The van der Waals surface area contributed by atoms with Crippen molar-refractivity contribution in [2.24, 2.45) is 0 Å². The van der Waals surface area contributed by atoms with Gasteiger partial charge in [0.25, 0.3) is 0 Å². The minimum atomic E-state index is -4.49. The number of hydrogen-bond donors (Lipinski definition) is 1. The van der Waals surface area contributed by atoms with Gasteiger partial charge < -0.3 is 15.5 Å². The molecule has 1 aromatic heterocycles. The predicted octanol–water partition coefficient (Wildman–Crippen LogP) is 1.49. The van der Waals surface area contributed by atoms with E-state index in [1.807, 2.05) is 4.90 Å². The van der Waals surface area contributed by atoms with Crippen LogP contribution in [0.2, 0.25) is 0 Å². The van der Waals surface area contributed by atoms with Crippen LogP contribution in [-0.2, 0) is 11.0 Å². The molecule has 0 saturated carbocycles. The average Bonchev–Trinajstić information content (AvgIpc) is 2.79. The number of carbonyl (C=O) groups excluding carboxylic acids is 1. The van der Waals surface area contributed by atoms with E-state index in [0.717, 1.165) is 18.7 Å². The van der Waals surface area contributed by atoms with Gasteiger partial charge in [-0.05, 0) is 12.5 Å². The Morgan fingerprint density at radius 1 is 1.33 bits per heavy atom. The van der Waals surface area contributed by atoms with Crippen LogP contribution in [0.15, 0.2) is 12.3 Å². The fourth-order valence-electron chi connectivity index (χ4n) is 2.97. The van der Waals surface area contributed by atoms with Crippen molar-refractivity contribution < 1.29 is 18.0 Å². The first-order valence-corrected chi connectivity index (χ1v) is 6.73. The molecule has 0 aromatic carbocycles. The lowest BCUT2D eigenvalue weighted by atomic mass is 10.1. The Bertz CT molecular complexity index is 575. The maximum atomic E-state index is 12.8. The van der Waals surface area contributed by atoms with Crippen LogP contribution < -0.4 is 10.6 Å². The van der Waals surface area contributed by atoms with E-state index in [9.17, 15) is 18.0 Å². The number of piperazine rings is 1. The van der Waals surface area contributed by atoms with Gasteiger partial charge in [0.05, 0.1) is 17.6 Å². The molecular weight excluding hydrogens is 285 g/mol. The van der Waals surface area contributed by atoms with Gasteiger partial charge in [-0.2, -0.15) is 13.2 Å². The zero-order chi connectivity index (χ0) is 15.2. The number of pyridine rings is 1. The van der Waals surface area contributed by atoms with Crippen LogP contribution in [0, 0.1) is 0 Å². The lowest BCUT2D eigenvalue weighted by Crippen LogP contribution is -2.51. The number of halogens is 3. The summed E-state index contributed by atoms with van der Waals surface area (Å²) in [6.45, 7) is 1.51. The van der Waals surface area contributed by atoms with Gasteiger partial charge in [0.2, 0.25) is 5.91 Å². The van der Waals surface area contributed by atoms with E-state index in [1.165, 1.54) is 0 Å². The third-order valence-corrected chi connectivity index (χ3v) is 4.04. The van der Waals surface area contributed by atoms with E-state index >= 15 is 0 Å². The number of amides is 1. The molecular formula is C13H15F3N4O. The molecule has 0 spiro atoms. The van der Waals surface area contributed by atoms with Crippen molar-refractivity contribution in [3.05, 3.63) is 18.0 Å². The first kappa shape index (κ1) is 14.0. The molecule has 3 rings (SSSR count). The fourth-order valence-corrected chi connectivity index (χ4v) is 2.97. The third-order valence-electron chi connectivity index (χ3n) is 4.04. The molecule has 1 aromatic rings. The zero-order valence-electron chi connectivity index (χ0n) is 11.2. The van der Waals surface area contributed by atoms with Crippen LogP contribution in [0.25, 0.3) is 0 Å². The molecule has 1 amide bonds. The summed E-state index contributed by atoms with van der Waals surface area (Å²) >= 11 is 0. The minimum Gasteiger partial charge on any atom is -0.396 e. The summed E-state index contributed by atoms with van der Waals surface area (Å²) in [6.07, 6.45) is -2.19. The van der Waals surface area contributed by atoms with E-state index in [0.29, 0.717) is 31.7 Å². The number of nitrogen functional groups attached to an aromatic ring is 1. The largest absolute Gasteiger partial charge is 0.433 e. The van der Waals surface area contributed by atoms with Crippen molar-refractivity contribution in [3.63, 3.8) is 0 Å². The molecule has 2 fully saturated rings. The number of rotatable bonds is 1. The Hall–Kier alpha value is -1.99. The molecule has 114 valence electrons. The van der Waals surface area contributed by atoms with E-state index in [4.69, 9.17) is 5.73 Å². The number of fused-ring (bicyclic) bond motifs is 1. The number of carbonyl (C=O) groups is 1. The standard InChI is InChI=1S/C13H15F3N4O/c14-13(15,16)11-5-10(9(17)6-18-11)19-3-4-20-8(7-19)1-2-12(20)21/h5-6,8H,1-4,7,17H2. The van der Waals surface area contributed by atoms with Crippen LogP contribution in [0.4, 0.5) is 24.5 Å². The van der Waals surface area contributed by atoms with Gasteiger partial charge in [-0.3, -0.25) is 4.79 Å². The van der Waals surface area contributed by atoms with Crippen molar-refractivity contribution in [1.82, 2.24) is 9.88 Å². The summed E-state index contributed by atoms with van der Waals surface area (Å²) in [5, 5.41) is 0. The molecule has 0 radical (unpaired) electrons. The summed E-state index contributed by atoms with van der Waals surface area (Å²) in [5.41, 5.74) is 5.40. The summed E-state index contributed by atoms with van der Waals surface area (Å²) in [4.78, 5) is 18.6. The monoisotopic (exact) mass is 300 g/mol. The van der Waals surface area contributed by atoms with Gasteiger partial charge in [0, 0.05) is 32.1 Å². The molecule has 2 aliphatic heterocycles. The fraction of sp³-hybridized carbons (Fsp3) is 0.538. The molecule has 2 aliphatic rings. The first-order chi connectivity index (χ1) is 9.86. The van der Waals surface area contributed by atoms with E-state index in [1.54, 1.807) is 4.90 Å². The van der Waals surface area contributed by atoms with Crippen LogP contribution in [0.1, 0.15) is 18.5 Å². The van der Waals surface area contributed by atoms with Crippen molar-refractivity contribution in [2.45, 2.75) is 25.1 Å². The van der Waals surface area contributed by atoms with Crippen molar-refractivity contribution in [3.8, 4) is 0 Å². The summed E-state index contributed by atoms with van der Waals surface area (Å²) in [6, 6.07) is 1.05. The maximum absolute atomic E-state index is 12.8. The Balaban J connectivity index is 1.86. The number of anilines is 2. The Labute approximate surface area is 119 Å². The van der Waals surface area contributed by atoms with Gasteiger partial charge >= 0.3 is 6.18 Å². The lowest BCUT2D eigenvalue weighted by Gasteiger charge is -2.39. The Morgan fingerprint density at radius 3 is 2.81 bits per heavy atom. The highest BCUT2D eigenvalue weighted by atomic mass is 19.4. The van der Waals surface area contributed by atoms with Crippen LogP contribution in [-0.4, -0.2) is 41.5 Å². The summed E-state index contributed by atoms with van der Waals surface area (Å²) in [5.74, 6) is 0.123. The molecule has 3 heterocycles. The van der Waals surface area contributed by atoms with Crippen LogP contribution in [0.3, 0.4) is 0 Å². The normalized spacial score (nSPS) is 22.6. The van der Waals surface area contributed by atoms with Crippen molar-refractivity contribution >= 4 is 17.3 Å². The zero-order valence-corrected chi connectivity index (χ0v) is 11.2. The van der Waals surface area contributed by atoms with Gasteiger partial charge in [-0.25, -0.2) is 4.98 Å². The molecule has 5 nitrogen and oxygen atoms in total. The van der Waals surface area contributed by atoms with Gasteiger partial charge in [0.1, 0.15) is 5.69 Å². The Morgan fingerprint density at radius 2 is 2.10 bits per heavy atom. The molecule has 21 heavy (non-hydrogen) atoms. The first-order valence-electron chi connectivity index (χ1n) is 6.73. The minimum absolute atomic E-state index is 0.0631. The highest BCUT2D eigenvalue weighted by molar-refractivity contribution is 5.79. The number of nitrogens with zero attached hydrogens (tertiary/aromatic N) is 3. The quantitative estimate of drug-likeness (QED) is 0.853. The van der Waals surface area contributed by atoms with E-state index in [2.05, 4.69) is 4.98 Å². The Kier molecular flexibility index (Phi) is 3.18. The van der Waals surface area contributed by atoms with Crippen molar-refractivity contribution in [1.29, 1.82) is 0 Å². The van der Waals surface area contributed by atoms with Gasteiger partial charge in [0.15, 0.2) is 0 Å². The number of nitrogens with two attached hydrogens (primary N) is 1. The maximum Gasteiger partial charge on any atom is 0.433 e. The van der Waals surface area contributed by atoms with Crippen LogP contribution >= 0.6 is 0 Å². The SMILES string of the molecule is Nc1cnc(C(F)(F)F)cc1N1CCN2C(=O)CCC2C1. The summed E-state index contributed by atoms with van der Waals surface area (Å²) < 4.78 is 38.3. The number of hydrogen-bond acceptors (Lipinski definition) is 4. The molecule has 8 heteroatoms. The highest BCUT2D eigenvalue weighted by Gasteiger charge is 2.37. The average molecular weight is 300 g/mol. The van der Waals surface area contributed by atoms with E-state index in [-0.39, 0.29) is 17.6 Å². The molecule has 0 aliphatic carbocycles. The van der Waals surface area contributed by atoms with Gasteiger partial charge in [-0.15, -0.1) is 0 Å².